The third-order valence-electron chi connectivity index (χ3n) is 6.78. The van der Waals surface area contributed by atoms with Gasteiger partial charge < -0.3 is 20.3 Å². The Kier molecular flexibility index (Phi) is 5.57. The number of pyridine rings is 1. The fourth-order valence-corrected chi connectivity index (χ4v) is 4.85. The van der Waals surface area contributed by atoms with Gasteiger partial charge in [-0.15, -0.1) is 0 Å². The van der Waals surface area contributed by atoms with Gasteiger partial charge in [-0.1, -0.05) is 0 Å². The maximum Gasteiger partial charge on any atom is 0.407 e. The summed E-state index contributed by atoms with van der Waals surface area (Å²) in [4.78, 5) is 29.2. The Labute approximate surface area is 179 Å². The van der Waals surface area contributed by atoms with E-state index in [4.69, 9.17) is 4.74 Å². The first kappa shape index (κ1) is 21.1. The van der Waals surface area contributed by atoms with Crippen molar-refractivity contribution in [2.45, 2.75) is 50.2 Å². The molecule has 2 fully saturated rings. The zero-order chi connectivity index (χ0) is 22.2. The molecule has 3 heterocycles. The average Bonchev–Trinajstić information content (AvgIpc) is 3.40. The summed E-state index contributed by atoms with van der Waals surface area (Å²) in [5.74, 6) is 0.951. The van der Waals surface area contributed by atoms with Gasteiger partial charge in [-0.25, -0.2) is 9.78 Å². The molecule has 2 aromatic rings. The highest BCUT2D eigenvalue weighted by Crippen LogP contribution is 2.49. The van der Waals surface area contributed by atoms with Crippen LogP contribution in [-0.4, -0.2) is 67.6 Å². The number of carbonyl (C=O) groups is 2. The van der Waals surface area contributed by atoms with Gasteiger partial charge in [0.05, 0.1) is 31.7 Å². The molecule has 1 saturated heterocycles. The van der Waals surface area contributed by atoms with Crippen molar-refractivity contribution in [3.05, 3.63) is 35.7 Å². The SMILES string of the molecule is COc1cc(CC(=O)Nc2cc([C@@H]3CC[C@H]([C@]4(C)[C@@H](O)CN4C(=O)O)C3)[nH]n2)ccn1. The molecule has 1 aliphatic carbocycles. The smallest absolute Gasteiger partial charge is 0.407 e. The molecule has 4 rings (SSSR count). The molecular weight excluding hydrogens is 402 g/mol. The van der Waals surface area contributed by atoms with Crippen LogP contribution in [0.4, 0.5) is 10.6 Å². The Bertz CT molecular complexity index is 979. The van der Waals surface area contributed by atoms with Gasteiger partial charge in [-0.05, 0) is 43.7 Å². The second-order valence-corrected chi connectivity index (χ2v) is 8.48. The zero-order valence-electron chi connectivity index (χ0n) is 17.5. The number of aromatic nitrogens is 3. The van der Waals surface area contributed by atoms with Gasteiger partial charge in [0.25, 0.3) is 0 Å². The van der Waals surface area contributed by atoms with E-state index >= 15 is 0 Å². The van der Waals surface area contributed by atoms with Crippen molar-refractivity contribution in [1.29, 1.82) is 0 Å². The standard InChI is InChI=1S/C21H27N5O5/c1-21(16(27)11-26(21)20(29)30)14-4-3-13(9-14)15-10-17(25-24-15)23-18(28)7-12-5-6-22-19(8-12)31-2/h5-6,8,10,13-14,16,27H,3-4,7,9,11H2,1-2H3,(H,29,30)(H2,23,24,25,28)/t13-,14+,16+,21-/m1/s1. The molecule has 2 aromatic heterocycles. The molecule has 31 heavy (non-hydrogen) atoms. The molecule has 166 valence electrons. The maximum absolute atomic E-state index is 12.4. The number of nitrogens with one attached hydrogen (secondary N) is 2. The summed E-state index contributed by atoms with van der Waals surface area (Å²) in [5.41, 5.74) is 0.945. The second-order valence-electron chi connectivity index (χ2n) is 8.48. The molecule has 0 aromatic carbocycles. The molecule has 1 saturated carbocycles. The first-order chi connectivity index (χ1) is 14.8. The number of ether oxygens (including phenoxy) is 1. The number of likely N-dealkylation sites (tertiary alicyclic amines) is 1. The van der Waals surface area contributed by atoms with Gasteiger partial charge in [0, 0.05) is 29.9 Å². The number of aliphatic hydroxyl groups excluding tert-OH is 1. The van der Waals surface area contributed by atoms with Gasteiger partial charge in [0.1, 0.15) is 0 Å². The Balaban J connectivity index is 1.36. The second kappa shape index (κ2) is 8.18. The van der Waals surface area contributed by atoms with Crippen LogP contribution in [0.5, 0.6) is 5.88 Å². The summed E-state index contributed by atoms with van der Waals surface area (Å²) in [6.07, 6.45) is 2.58. The zero-order valence-corrected chi connectivity index (χ0v) is 17.5. The largest absolute Gasteiger partial charge is 0.481 e. The Morgan fingerprint density at radius 3 is 2.90 bits per heavy atom. The van der Waals surface area contributed by atoms with Gasteiger partial charge in [0.15, 0.2) is 5.82 Å². The van der Waals surface area contributed by atoms with Crippen LogP contribution in [0.15, 0.2) is 24.4 Å². The predicted octanol–water partition coefficient (Wildman–Crippen LogP) is 1.99. The van der Waals surface area contributed by atoms with E-state index in [1.54, 1.807) is 18.3 Å². The van der Waals surface area contributed by atoms with E-state index < -0.39 is 17.7 Å². The summed E-state index contributed by atoms with van der Waals surface area (Å²) >= 11 is 0. The highest BCUT2D eigenvalue weighted by molar-refractivity contribution is 5.91. The third-order valence-corrected chi connectivity index (χ3v) is 6.78. The number of hydrogen-bond donors (Lipinski definition) is 4. The van der Waals surface area contributed by atoms with E-state index in [2.05, 4.69) is 20.5 Å². The van der Waals surface area contributed by atoms with Crippen LogP contribution in [0.1, 0.15) is 43.4 Å². The lowest BCUT2D eigenvalue weighted by Crippen LogP contribution is -2.73. The predicted molar refractivity (Wildman–Crippen MR) is 111 cm³/mol. The molecule has 1 aliphatic heterocycles. The van der Waals surface area contributed by atoms with Crippen molar-refractivity contribution in [2.75, 3.05) is 19.0 Å². The highest BCUT2D eigenvalue weighted by atomic mass is 16.5. The number of aromatic amines is 1. The van der Waals surface area contributed by atoms with Crippen molar-refractivity contribution >= 4 is 17.8 Å². The number of H-pyrrole nitrogens is 1. The van der Waals surface area contributed by atoms with Gasteiger partial charge in [-0.3, -0.25) is 14.8 Å². The van der Waals surface area contributed by atoms with Crippen molar-refractivity contribution in [3.63, 3.8) is 0 Å². The number of aliphatic hydroxyl groups is 1. The molecule has 0 radical (unpaired) electrons. The van der Waals surface area contributed by atoms with E-state index in [0.717, 1.165) is 30.5 Å². The average molecular weight is 429 g/mol. The molecule has 2 amide bonds. The van der Waals surface area contributed by atoms with Crippen molar-refractivity contribution in [1.82, 2.24) is 20.1 Å². The van der Waals surface area contributed by atoms with E-state index in [1.165, 1.54) is 12.0 Å². The van der Waals surface area contributed by atoms with Gasteiger partial charge in [-0.2, -0.15) is 5.10 Å². The summed E-state index contributed by atoms with van der Waals surface area (Å²) in [6.45, 7) is 1.99. The monoisotopic (exact) mass is 429 g/mol. The summed E-state index contributed by atoms with van der Waals surface area (Å²) in [5, 5.41) is 29.7. The lowest BCUT2D eigenvalue weighted by Gasteiger charge is -2.56. The van der Waals surface area contributed by atoms with E-state index in [0.29, 0.717) is 11.7 Å². The number of anilines is 1. The van der Waals surface area contributed by atoms with Crippen LogP contribution >= 0.6 is 0 Å². The highest BCUT2D eigenvalue weighted by Gasteiger charge is 2.57. The lowest BCUT2D eigenvalue weighted by molar-refractivity contribution is -0.136. The summed E-state index contributed by atoms with van der Waals surface area (Å²) in [6, 6.07) is 5.29. The van der Waals surface area contributed by atoms with Crippen molar-refractivity contribution in [3.8, 4) is 5.88 Å². The molecule has 0 unspecified atom stereocenters. The molecule has 10 heteroatoms. The van der Waals surface area contributed by atoms with Crippen LogP contribution in [0, 0.1) is 5.92 Å². The summed E-state index contributed by atoms with van der Waals surface area (Å²) in [7, 11) is 1.52. The lowest BCUT2D eigenvalue weighted by atomic mass is 9.72. The van der Waals surface area contributed by atoms with Crippen molar-refractivity contribution in [2.24, 2.45) is 5.92 Å². The van der Waals surface area contributed by atoms with Crippen LogP contribution < -0.4 is 10.1 Å². The summed E-state index contributed by atoms with van der Waals surface area (Å²) < 4.78 is 5.07. The molecule has 0 bridgehead atoms. The molecule has 2 aliphatic rings. The molecule has 4 atom stereocenters. The number of hydrogen-bond acceptors (Lipinski definition) is 6. The minimum absolute atomic E-state index is 0.0698. The van der Waals surface area contributed by atoms with Gasteiger partial charge in [0.2, 0.25) is 11.8 Å². The number of nitrogens with zero attached hydrogens (tertiary/aromatic N) is 3. The molecule has 4 N–H and O–H groups in total. The number of rotatable bonds is 6. The van der Waals surface area contributed by atoms with Crippen LogP contribution in [-0.2, 0) is 11.2 Å². The fraction of sp³-hybridized carbons (Fsp3) is 0.524. The van der Waals surface area contributed by atoms with Crippen LogP contribution in [0.2, 0.25) is 0 Å². The Morgan fingerprint density at radius 2 is 2.19 bits per heavy atom. The molecule has 10 nitrogen and oxygen atoms in total. The third kappa shape index (κ3) is 3.95. The minimum atomic E-state index is -0.991. The van der Waals surface area contributed by atoms with Crippen LogP contribution in [0.25, 0.3) is 0 Å². The number of carboxylic acid groups (broad SMARTS) is 1. The quantitative estimate of drug-likeness (QED) is 0.550. The van der Waals surface area contributed by atoms with Gasteiger partial charge >= 0.3 is 6.09 Å². The number of β-amino-alcohol motifs (C(OH)–C–C–N with tert-alkyl or cyclic N) is 1. The number of methoxy groups -OCH3 is 1. The Morgan fingerprint density at radius 1 is 1.39 bits per heavy atom. The number of amides is 2. The van der Waals surface area contributed by atoms with Crippen molar-refractivity contribution < 1.29 is 24.5 Å². The number of carbonyl (C=O) groups excluding carboxylic acids is 1. The van der Waals surface area contributed by atoms with E-state index in [1.807, 2.05) is 13.0 Å². The minimum Gasteiger partial charge on any atom is -0.481 e. The van der Waals surface area contributed by atoms with E-state index in [-0.39, 0.29) is 30.7 Å². The van der Waals surface area contributed by atoms with Crippen LogP contribution in [0.3, 0.4) is 0 Å². The normalized spacial score (nSPS) is 27.6. The first-order valence-electron chi connectivity index (χ1n) is 10.3. The molecule has 0 spiro atoms. The topological polar surface area (TPSA) is 141 Å². The first-order valence-corrected chi connectivity index (χ1v) is 10.3. The van der Waals surface area contributed by atoms with E-state index in [9.17, 15) is 19.8 Å². The maximum atomic E-state index is 12.4. The Hall–Kier alpha value is -3.14. The fourth-order valence-electron chi connectivity index (χ4n) is 4.85. The molecular formula is C21H27N5O5.